The Balaban J connectivity index is 2.45. The molecule has 0 aromatic carbocycles. The van der Waals surface area contributed by atoms with Crippen LogP contribution in [-0.4, -0.2) is 92.6 Å². The molecule has 18 heavy (non-hydrogen) atoms. The highest BCUT2D eigenvalue weighted by molar-refractivity contribution is 7.99. The van der Waals surface area contributed by atoms with Crippen molar-refractivity contribution < 1.29 is 4.79 Å². The van der Waals surface area contributed by atoms with Crippen LogP contribution in [0, 0.1) is 0 Å². The van der Waals surface area contributed by atoms with Crippen molar-refractivity contribution in [2.45, 2.75) is 6.04 Å². The lowest BCUT2D eigenvalue weighted by atomic mass is 10.3. The highest BCUT2D eigenvalue weighted by atomic mass is 32.2. The summed E-state index contributed by atoms with van der Waals surface area (Å²) in [4.78, 5) is 18.6. The van der Waals surface area contributed by atoms with Gasteiger partial charge in [-0.05, 0) is 28.2 Å². The monoisotopic (exact) mass is 274 g/mol. The Hall–Kier alpha value is -0.300. The summed E-state index contributed by atoms with van der Waals surface area (Å²) in [6.07, 6.45) is 0. The smallest absolute Gasteiger partial charge is 0.241 e. The molecule has 1 fully saturated rings. The molecule has 0 bridgehead atoms. The molecule has 0 aromatic rings. The molecule has 1 heterocycles. The number of carbonyl (C=O) groups excluding carboxylic acids is 1. The largest absolute Gasteiger partial charge is 0.328 e. The van der Waals surface area contributed by atoms with Gasteiger partial charge in [-0.3, -0.25) is 9.69 Å². The van der Waals surface area contributed by atoms with Crippen LogP contribution in [0.15, 0.2) is 0 Å². The molecule has 0 radical (unpaired) electrons. The molecule has 0 aromatic heterocycles. The maximum absolute atomic E-state index is 12.3. The third-order valence-electron chi connectivity index (χ3n) is 3.09. The predicted molar refractivity (Wildman–Crippen MR) is 77.9 cm³/mol. The summed E-state index contributed by atoms with van der Waals surface area (Å²) in [5.74, 6) is 2.15. The van der Waals surface area contributed by atoms with Crippen molar-refractivity contribution in [1.29, 1.82) is 0 Å². The van der Waals surface area contributed by atoms with E-state index in [0.717, 1.165) is 37.8 Å². The van der Waals surface area contributed by atoms with Gasteiger partial charge in [0.1, 0.15) is 0 Å². The van der Waals surface area contributed by atoms with Crippen LogP contribution in [0.5, 0.6) is 0 Å². The van der Waals surface area contributed by atoms with Crippen LogP contribution in [0.3, 0.4) is 0 Å². The lowest BCUT2D eigenvalue weighted by molar-refractivity contribution is -0.134. The SMILES string of the molecule is CNC1CSCCN(CN(C)CCN(C)C)C1=O. The summed E-state index contributed by atoms with van der Waals surface area (Å²) >= 11 is 1.85. The molecule has 1 atom stereocenters. The average molecular weight is 274 g/mol. The maximum atomic E-state index is 12.3. The van der Waals surface area contributed by atoms with Crippen molar-refractivity contribution in [3.63, 3.8) is 0 Å². The Bertz CT molecular complexity index is 262. The van der Waals surface area contributed by atoms with Gasteiger partial charge in [0.15, 0.2) is 0 Å². The molecule has 1 aliphatic heterocycles. The molecule has 106 valence electrons. The fourth-order valence-electron chi connectivity index (χ4n) is 1.86. The highest BCUT2D eigenvalue weighted by Gasteiger charge is 2.26. The zero-order valence-corrected chi connectivity index (χ0v) is 12.8. The van der Waals surface area contributed by atoms with E-state index in [9.17, 15) is 4.79 Å². The van der Waals surface area contributed by atoms with Crippen LogP contribution in [0.2, 0.25) is 0 Å². The number of thioether (sulfide) groups is 1. The molecule has 6 heteroatoms. The Morgan fingerprint density at radius 1 is 1.39 bits per heavy atom. The standard InChI is InChI=1S/C12H26N4OS/c1-13-11-9-18-8-7-16(12(11)17)10-15(4)6-5-14(2)3/h11,13H,5-10H2,1-4H3. The third-order valence-corrected chi connectivity index (χ3v) is 4.13. The maximum Gasteiger partial charge on any atom is 0.241 e. The number of rotatable bonds is 6. The molecule has 1 saturated heterocycles. The van der Waals surface area contributed by atoms with Crippen LogP contribution in [0.25, 0.3) is 0 Å². The Kier molecular flexibility index (Phi) is 6.99. The third kappa shape index (κ3) is 5.14. The summed E-state index contributed by atoms with van der Waals surface area (Å²) < 4.78 is 0. The predicted octanol–water partition coefficient (Wildman–Crippen LogP) is -0.399. The van der Waals surface area contributed by atoms with Crippen molar-refractivity contribution in [3.8, 4) is 0 Å². The van der Waals surface area contributed by atoms with Crippen LogP contribution >= 0.6 is 11.8 Å². The minimum atomic E-state index is -0.0280. The summed E-state index contributed by atoms with van der Waals surface area (Å²) in [5.41, 5.74) is 0. The van der Waals surface area contributed by atoms with Gasteiger partial charge < -0.3 is 15.1 Å². The van der Waals surface area contributed by atoms with Gasteiger partial charge in [0.25, 0.3) is 0 Å². The molecular weight excluding hydrogens is 248 g/mol. The van der Waals surface area contributed by atoms with Crippen LogP contribution in [0.1, 0.15) is 0 Å². The average Bonchev–Trinajstić information content (AvgIpc) is 2.50. The van der Waals surface area contributed by atoms with E-state index in [1.165, 1.54) is 0 Å². The van der Waals surface area contributed by atoms with Crippen molar-refractivity contribution in [1.82, 2.24) is 20.0 Å². The zero-order chi connectivity index (χ0) is 13.5. The van der Waals surface area contributed by atoms with Crippen LogP contribution in [0.4, 0.5) is 0 Å². The minimum Gasteiger partial charge on any atom is -0.328 e. The first-order chi connectivity index (χ1) is 8.54. The summed E-state index contributed by atoms with van der Waals surface area (Å²) in [5, 5.41) is 3.11. The van der Waals surface area contributed by atoms with E-state index in [-0.39, 0.29) is 11.9 Å². The van der Waals surface area contributed by atoms with Crippen molar-refractivity contribution in [2.24, 2.45) is 0 Å². The van der Waals surface area contributed by atoms with Gasteiger partial charge in [0.2, 0.25) is 5.91 Å². The Morgan fingerprint density at radius 3 is 2.72 bits per heavy atom. The van der Waals surface area contributed by atoms with Gasteiger partial charge in [0.05, 0.1) is 12.7 Å². The van der Waals surface area contributed by atoms with Crippen LogP contribution in [-0.2, 0) is 4.79 Å². The fraction of sp³-hybridized carbons (Fsp3) is 0.917. The van der Waals surface area contributed by atoms with E-state index >= 15 is 0 Å². The van der Waals surface area contributed by atoms with E-state index in [1.54, 1.807) is 0 Å². The number of hydrogen-bond donors (Lipinski definition) is 1. The van der Waals surface area contributed by atoms with Crippen molar-refractivity contribution in [2.75, 3.05) is 66.0 Å². The quantitative estimate of drug-likeness (QED) is 0.714. The second-order valence-electron chi connectivity index (χ2n) is 5.04. The molecule has 1 aliphatic rings. The molecule has 5 nitrogen and oxygen atoms in total. The summed E-state index contributed by atoms with van der Waals surface area (Å²) in [7, 11) is 8.07. The minimum absolute atomic E-state index is 0.0280. The van der Waals surface area contributed by atoms with Gasteiger partial charge in [-0.25, -0.2) is 0 Å². The Morgan fingerprint density at radius 2 is 2.11 bits per heavy atom. The zero-order valence-electron chi connectivity index (χ0n) is 12.0. The first-order valence-electron chi connectivity index (χ1n) is 6.41. The number of likely N-dealkylation sites (N-methyl/N-ethyl adjacent to an activating group) is 3. The molecular formula is C12H26N4OS. The molecule has 0 aliphatic carbocycles. The molecule has 1 unspecified atom stereocenters. The molecule has 1 amide bonds. The van der Waals surface area contributed by atoms with E-state index < -0.39 is 0 Å². The van der Waals surface area contributed by atoms with Gasteiger partial charge >= 0.3 is 0 Å². The topological polar surface area (TPSA) is 38.8 Å². The first kappa shape index (κ1) is 15.8. The fourth-order valence-corrected chi connectivity index (χ4v) is 2.92. The number of carbonyl (C=O) groups is 1. The molecule has 1 N–H and O–H groups in total. The normalized spacial score (nSPS) is 21.8. The van der Waals surface area contributed by atoms with E-state index in [0.29, 0.717) is 0 Å². The van der Waals surface area contributed by atoms with Crippen LogP contribution < -0.4 is 5.32 Å². The Labute approximate surface area is 115 Å². The molecule has 1 rings (SSSR count). The second kappa shape index (κ2) is 7.99. The molecule has 0 spiro atoms. The van der Waals surface area contributed by atoms with E-state index in [4.69, 9.17) is 0 Å². The second-order valence-corrected chi connectivity index (χ2v) is 6.19. The number of nitrogens with zero attached hydrogens (tertiary/aromatic N) is 3. The van der Waals surface area contributed by atoms with Gasteiger partial charge in [0, 0.05) is 31.1 Å². The number of amides is 1. The number of hydrogen-bond acceptors (Lipinski definition) is 5. The van der Waals surface area contributed by atoms with Gasteiger partial charge in [-0.1, -0.05) is 0 Å². The lowest BCUT2D eigenvalue weighted by Crippen LogP contribution is -2.49. The highest BCUT2D eigenvalue weighted by Crippen LogP contribution is 2.12. The number of nitrogens with one attached hydrogen (secondary N) is 1. The lowest BCUT2D eigenvalue weighted by Gasteiger charge is -2.29. The molecule has 0 saturated carbocycles. The van der Waals surface area contributed by atoms with Crippen molar-refractivity contribution in [3.05, 3.63) is 0 Å². The van der Waals surface area contributed by atoms with E-state index in [2.05, 4.69) is 36.3 Å². The van der Waals surface area contributed by atoms with Crippen molar-refractivity contribution >= 4 is 17.7 Å². The van der Waals surface area contributed by atoms with Gasteiger partial charge in [-0.15, -0.1) is 0 Å². The summed E-state index contributed by atoms with van der Waals surface area (Å²) in [6, 6.07) is -0.0280. The van der Waals surface area contributed by atoms with E-state index in [1.807, 2.05) is 23.7 Å². The summed E-state index contributed by atoms with van der Waals surface area (Å²) in [6.45, 7) is 3.58. The van der Waals surface area contributed by atoms with Gasteiger partial charge in [-0.2, -0.15) is 11.8 Å². The first-order valence-corrected chi connectivity index (χ1v) is 7.57.